The molecule has 0 bridgehead atoms. The monoisotopic (exact) mass is 383 g/mol. The van der Waals surface area contributed by atoms with E-state index >= 15 is 0 Å². The number of rotatable bonds is 6. The number of ether oxygens (including phenoxy) is 1. The Morgan fingerprint density at radius 1 is 1.22 bits per heavy atom. The first kappa shape index (κ1) is 18.9. The molecule has 27 heavy (non-hydrogen) atoms. The van der Waals surface area contributed by atoms with Gasteiger partial charge in [0, 0.05) is 11.8 Å². The van der Waals surface area contributed by atoms with Gasteiger partial charge in [0.05, 0.1) is 18.0 Å². The SMILES string of the molecule is COc1cccc(NC(=O)[C@@H](C)Sc2nnnn2-c2cc(C)ccc2C)c1. The van der Waals surface area contributed by atoms with Crippen LogP contribution in [0.4, 0.5) is 5.69 Å². The topological polar surface area (TPSA) is 81.9 Å². The number of amides is 1. The number of nitrogens with zero attached hydrogens (tertiary/aromatic N) is 4. The predicted molar refractivity (Wildman–Crippen MR) is 106 cm³/mol. The highest BCUT2D eigenvalue weighted by Gasteiger charge is 2.20. The number of aryl methyl sites for hydroxylation is 2. The van der Waals surface area contributed by atoms with Crippen LogP contribution >= 0.6 is 11.8 Å². The first-order valence-electron chi connectivity index (χ1n) is 8.45. The molecule has 1 N–H and O–H groups in total. The van der Waals surface area contributed by atoms with E-state index < -0.39 is 0 Å². The molecule has 0 fully saturated rings. The van der Waals surface area contributed by atoms with Gasteiger partial charge in [-0.25, -0.2) is 0 Å². The number of carbonyl (C=O) groups is 1. The van der Waals surface area contributed by atoms with Crippen LogP contribution in [0, 0.1) is 13.8 Å². The van der Waals surface area contributed by atoms with Crippen LogP contribution < -0.4 is 10.1 Å². The number of benzene rings is 2. The van der Waals surface area contributed by atoms with Crippen molar-refractivity contribution in [3.63, 3.8) is 0 Å². The maximum Gasteiger partial charge on any atom is 0.237 e. The van der Waals surface area contributed by atoms with Gasteiger partial charge in [-0.1, -0.05) is 30.0 Å². The molecule has 1 aromatic heterocycles. The number of anilines is 1. The van der Waals surface area contributed by atoms with Crippen LogP contribution in [0.25, 0.3) is 5.69 Å². The molecule has 140 valence electrons. The van der Waals surface area contributed by atoms with Crippen molar-refractivity contribution in [1.82, 2.24) is 20.2 Å². The molecule has 2 aromatic carbocycles. The molecule has 8 heteroatoms. The Balaban J connectivity index is 1.75. The van der Waals surface area contributed by atoms with E-state index in [-0.39, 0.29) is 11.2 Å². The summed E-state index contributed by atoms with van der Waals surface area (Å²) >= 11 is 1.31. The second kappa shape index (κ2) is 8.22. The lowest BCUT2D eigenvalue weighted by Crippen LogP contribution is -2.23. The summed E-state index contributed by atoms with van der Waals surface area (Å²) in [6.45, 7) is 5.84. The molecule has 3 aromatic rings. The Kier molecular flexibility index (Phi) is 5.75. The average molecular weight is 383 g/mol. The fourth-order valence-electron chi connectivity index (χ4n) is 2.51. The van der Waals surface area contributed by atoms with E-state index in [9.17, 15) is 4.79 Å². The van der Waals surface area contributed by atoms with Gasteiger partial charge in [0.1, 0.15) is 5.75 Å². The van der Waals surface area contributed by atoms with E-state index in [4.69, 9.17) is 4.74 Å². The molecule has 1 atom stereocenters. The molecule has 0 unspecified atom stereocenters. The van der Waals surface area contributed by atoms with Crippen molar-refractivity contribution in [1.29, 1.82) is 0 Å². The number of hydrogen-bond donors (Lipinski definition) is 1. The van der Waals surface area contributed by atoms with E-state index in [2.05, 4.69) is 20.8 Å². The lowest BCUT2D eigenvalue weighted by molar-refractivity contribution is -0.115. The zero-order valence-electron chi connectivity index (χ0n) is 15.6. The summed E-state index contributed by atoms with van der Waals surface area (Å²) in [5.41, 5.74) is 3.76. The quantitative estimate of drug-likeness (QED) is 0.657. The van der Waals surface area contributed by atoms with Crippen molar-refractivity contribution in [2.24, 2.45) is 0 Å². The van der Waals surface area contributed by atoms with Crippen LogP contribution in [-0.2, 0) is 4.79 Å². The normalized spacial score (nSPS) is 11.9. The van der Waals surface area contributed by atoms with Crippen LogP contribution in [0.2, 0.25) is 0 Å². The Morgan fingerprint density at radius 3 is 2.81 bits per heavy atom. The van der Waals surface area contributed by atoms with Crippen molar-refractivity contribution in [2.45, 2.75) is 31.2 Å². The van der Waals surface area contributed by atoms with Gasteiger partial charge in [0.25, 0.3) is 0 Å². The molecule has 0 aliphatic rings. The molecule has 0 saturated carbocycles. The highest BCUT2D eigenvalue weighted by molar-refractivity contribution is 8.00. The summed E-state index contributed by atoms with van der Waals surface area (Å²) in [4.78, 5) is 12.6. The molecule has 0 saturated heterocycles. The van der Waals surface area contributed by atoms with Gasteiger partial charge in [-0.3, -0.25) is 4.79 Å². The molecule has 0 spiro atoms. The number of tetrazole rings is 1. The number of carbonyl (C=O) groups excluding carboxylic acids is 1. The summed E-state index contributed by atoms with van der Waals surface area (Å²) in [6, 6.07) is 13.3. The van der Waals surface area contributed by atoms with Crippen molar-refractivity contribution in [2.75, 3.05) is 12.4 Å². The van der Waals surface area contributed by atoms with E-state index in [0.717, 1.165) is 16.8 Å². The van der Waals surface area contributed by atoms with Crippen LogP contribution in [0.3, 0.4) is 0 Å². The standard InChI is InChI=1S/C19H21N5O2S/c1-12-8-9-13(2)17(10-12)24-19(21-22-23-24)27-14(3)18(25)20-15-6-5-7-16(11-15)26-4/h5-11,14H,1-4H3,(H,20,25)/t14-/m1/s1. The predicted octanol–water partition coefficient (Wildman–Crippen LogP) is 3.41. The minimum Gasteiger partial charge on any atom is -0.497 e. The number of nitrogens with one attached hydrogen (secondary N) is 1. The van der Waals surface area contributed by atoms with Gasteiger partial charge in [0.2, 0.25) is 11.1 Å². The van der Waals surface area contributed by atoms with E-state index in [1.807, 2.05) is 57.2 Å². The average Bonchev–Trinajstić information content (AvgIpc) is 3.11. The molecular formula is C19H21N5O2S. The van der Waals surface area contributed by atoms with Crippen LogP contribution in [-0.4, -0.2) is 38.5 Å². The largest absolute Gasteiger partial charge is 0.497 e. The Morgan fingerprint density at radius 2 is 2.04 bits per heavy atom. The van der Waals surface area contributed by atoms with Gasteiger partial charge in [-0.05, 0) is 60.5 Å². The molecule has 0 radical (unpaired) electrons. The van der Waals surface area contributed by atoms with Gasteiger partial charge >= 0.3 is 0 Å². The van der Waals surface area contributed by atoms with E-state index in [1.165, 1.54) is 11.8 Å². The van der Waals surface area contributed by atoms with Crippen molar-refractivity contribution in [3.05, 3.63) is 53.6 Å². The fourth-order valence-corrected chi connectivity index (χ4v) is 3.31. The van der Waals surface area contributed by atoms with Crippen molar-refractivity contribution < 1.29 is 9.53 Å². The van der Waals surface area contributed by atoms with Crippen molar-refractivity contribution >= 4 is 23.4 Å². The molecule has 7 nitrogen and oxygen atoms in total. The molecule has 1 heterocycles. The Hall–Kier alpha value is -2.87. The molecule has 3 rings (SSSR count). The third-order valence-electron chi connectivity index (χ3n) is 4.02. The molecule has 0 aliphatic carbocycles. The zero-order chi connectivity index (χ0) is 19.4. The lowest BCUT2D eigenvalue weighted by atomic mass is 10.1. The summed E-state index contributed by atoms with van der Waals surface area (Å²) in [6.07, 6.45) is 0. The van der Waals surface area contributed by atoms with Crippen LogP contribution in [0.5, 0.6) is 5.75 Å². The highest BCUT2D eigenvalue weighted by Crippen LogP contribution is 2.26. The second-order valence-corrected chi connectivity index (χ2v) is 7.45. The number of aromatic nitrogens is 4. The summed E-state index contributed by atoms with van der Waals surface area (Å²) in [5, 5.41) is 15.0. The molecule has 1 amide bonds. The van der Waals surface area contributed by atoms with E-state index in [0.29, 0.717) is 16.6 Å². The lowest BCUT2D eigenvalue weighted by Gasteiger charge is -2.13. The fraction of sp³-hybridized carbons (Fsp3) is 0.263. The molecule has 0 aliphatic heterocycles. The molecular weight excluding hydrogens is 362 g/mol. The Labute approximate surface area is 162 Å². The third-order valence-corrected chi connectivity index (χ3v) is 5.06. The Bertz CT molecular complexity index is 957. The minimum atomic E-state index is -0.383. The summed E-state index contributed by atoms with van der Waals surface area (Å²) < 4.78 is 6.85. The van der Waals surface area contributed by atoms with Crippen LogP contribution in [0.1, 0.15) is 18.1 Å². The van der Waals surface area contributed by atoms with Gasteiger partial charge in [0.15, 0.2) is 0 Å². The van der Waals surface area contributed by atoms with Gasteiger partial charge < -0.3 is 10.1 Å². The number of hydrogen-bond acceptors (Lipinski definition) is 6. The summed E-state index contributed by atoms with van der Waals surface area (Å²) in [5.74, 6) is 0.552. The van der Waals surface area contributed by atoms with Gasteiger partial charge in [-0.2, -0.15) is 4.68 Å². The minimum absolute atomic E-state index is 0.135. The van der Waals surface area contributed by atoms with Gasteiger partial charge in [-0.15, -0.1) is 5.10 Å². The smallest absolute Gasteiger partial charge is 0.237 e. The van der Waals surface area contributed by atoms with E-state index in [1.54, 1.807) is 17.9 Å². The zero-order valence-corrected chi connectivity index (χ0v) is 16.4. The maximum absolute atomic E-state index is 12.6. The first-order chi connectivity index (χ1) is 13.0. The van der Waals surface area contributed by atoms with Crippen molar-refractivity contribution in [3.8, 4) is 11.4 Å². The summed E-state index contributed by atoms with van der Waals surface area (Å²) in [7, 11) is 1.59. The second-order valence-electron chi connectivity index (χ2n) is 6.14. The van der Waals surface area contributed by atoms with Crippen LogP contribution in [0.15, 0.2) is 47.6 Å². The number of thioether (sulfide) groups is 1. The number of methoxy groups -OCH3 is 1. The highest BCUT2D eigenvalue weighted by atomic mass is 32.2. The third kappa shape index (κ3) is 4.46. The first-order valence-corrected chi connectivity index (χ1v) is 9.33. The maximum atomic E-state index is 12.6.